The van der Waals surface area contributed by atoms with Crippen molar-refractivity contribution in [3.05, 3.63) is 53.6 Å². The maximum atomic E-state index is 13.9. The molecular weight excluding hydrogens is 328 g/mol. The monoisotopic (exact) mass is 340 g/mol. The van der Waals surface area contributed by atoms with Crippen LogP contribution in [0.1, 0.15) is 18.4 Å². The molecule has 1 N–H and O–H groups in total. The number of carboxylic acids is 1. The Hall–Kier alpha value is -2.57. The maximum Gasteiger partial charge on any atom is 0.387 e. The van der Waals surface area contributed by atoms with Crippen molar-refractivity contribution in [2.45, 2.75) is 24.9 Å². The first-order valence-corrected chi connectivity index (χ1v) is 7.10. The fraction of sp³-hybridized carbons (Fsp3) is 0.235. The molecule has 0 amide bonds. The third-order valence-corrected chi connectivity index (χ3v) is 4.04. The summed E-state index contributed by atoms with van der Waals surface area (Å²) in [4.78, 5) is 11.4. The number of ether oxygens (including phenoxy) is 1. The van der Waals surface area contributed by atoms with Crippen LogP contribution >= 0.6 is 0 Å². The summed E-state index contributed by atoms with van der Waals surface area (Å²) in [6, 6.07) is 6.62. The molecule has 2 aromatic rings. The molecule has 0 aliphatic heterocycles. The van der Waals surface area contributed by atoms with Gasteiger partial charge in [-0.3, -0.25) is 4.79 Å². The van der Waals surface area contributed by atoms with Gasteiger partial charge >= 0.3 is 12.6 Å². The van der Waals surface area contributed by atoms with Crippen LogP contribution in [0.15, 0.2) is 36.4 Å². The van der Waals surface area contributed by atoms with Crippen LogP contribution in [0.2, 0.25) is 0 Å². The van der Waals surface area contributed by atoms with Crippen LogP contribution in [0.4, 0.5) is 17.6 Å². The minimum atomic E-state index is -3.12. The van der Waals surface area contributed by atoms with E-state index in [4.69, 9.17) is 0 Å². The smallest absolute Gasteiger partial charge is 0.387 e. The maximum absolute atomic E-state index is 13.9. The van der Waals surface area contributed by atoms with Gasteiger partial charge < -0.3 is 9.84 Å². The highest BCUT2D eigenvalue weighted by Gasteiger charge is 2.52. The molecule has 24 heavy (non-hydrogen) atoms. The Morgan fingerprint density at radius 3 is 2.12 bits per heavy atom. The van der Waals surface area contributed by atoms with Crippen molar-refractivity contribution in [3.63, 3.8) is 0 Å². The Labute approximate surface area is 134 Å². The zero-order valence-corrected chi connectivity index (χ0v) is 12.2. The van der Waals surface area contributed by atoms with Crippen LogP contribution in [0.3, 0.4) is 0 Å². The van der Waals surface area contributed by atoms with Gasteiger partial charge in [-0.15, -0.1) is 0 Å². The molecule has 0 spiro atoms. The van der Waals surface area contributed by atoms with E-state index < -0.39 is 35.4 Å². The van der Waals surface area contributed by atoms with Crippen molar-refractivity contribution < 1.29 is 32.2 Å². The molecule has 1 fully saturated rings. The average molecular weight is 340 g/mol. The third kappa shape index (κ3) is 3.06. The van der Waals surface area contributed by atoms with Gasteiger partial charge in [-0.1, -0.05) is 0 Å². The predicted octanol–water partition coefficient (Wildman–Crippen LogP) is 4.35. The summed E-state index contributed by atoms with van der Waals surface area (Å²) in [6.45, 7) is -3.12. The summed E-state index contributed by atoms with van der Waals surface area (Å²) in [7, 11) is 0. The van der Waals surface area contributed by atoms with Crippen molar-refractivity contribution in [1.29, 1.82) is 0 Å². The summed E-state index contributed by atoms with van der Waals surface area (Å²) >= 11 is 0. The van der Waals surface area contributed by atoms with E-state index in [1.807, 2.05) is 0 Å². The second-order valence-corrected chi connectivity index (χ2v) is 5.67. The fourth-order valence-corrected chi connectivity index (χ4v) is 2.68. The quantitative estimate of drug-likeness (QED) is 0.823. The molecule has 2 aromatic carbocycles. The molecule has 1 aliphatic rings. The van der Waals surface area contributed by atoms with E-state index >= 15 is 0 Å². The number of halogens is 4. The molecule has 0 radical (unpaired) electrons. The van der Waals surface area contributed by atoms with E-state index in [0.717, 1.165) is 30.3 Å². The molecule has 0 bridgehead atoms. The first-order chi connectivity index (χ1) is 11.3. The van der Waals surface area contributed by atoms with E-state index in [0.29, 0.717) is 12.8 Å². The van der Waals surface area contributed by atoms with Gasteiger partial charge in [0.05, 0.1) is 5.41 Å². The van der Waals surface area contributed by atoms with Crippen molar-refractivity contribution in [3.8, 4) is 16.9 Å². The van der Waals surface area contributed by atoms with Gasteiger partial charge in [-0.05, 0) is 59.9 Å². The topological polar surface area (TPSA) is 46.5 Å². The summed E-state index contributed by atoms with van der Waals surface area (Å²) in [5, 5.41) is 9.31. The number of carbonyl (C=O) groups is 1. The van der Waals surface area contributed by atoms with E-state index in [1.165, 1.54) is 6.07 Å². The lowest BCUT2D eigenvalue weighted by Gasteiger charge is -2.13. The highest BCUT2D eigenvalue weighted by molar-refractivity contribution is 5.85. The molecule has 126 valence electrons. The Morgan fingerprint density at radius 2 is 1.58 bits per heavy atom. The molecule has 7 heteroatoms. The van der Waals surface area contributed by atoms with Gasteiger partial charge in [0, 0.05) is 6.07 Å². The number of hydrogen-bond acceptors (Lipinski definition) is 2. The summed E-state index contributed by atoms with van der Waals surface area (Å²) < 4.78 is 56.3. The van der Waals surface area contributed by atoms with Crippen LogP contribution < -0.4 is 4.74 Å². The predicted molar refractivity (Wildman–Crippen MR) is 77.0 cm³/mol. The molecule has 1 saturated carbocycles. The first-order valence-electron chi connectivity index (χ1n) is 7.10. The Balaban J connectivity index is 2.05. The first kappa shape index (κ1) is 16.3. The van der Waals surface area contributed by atoms with Crippen LogP contribution in [0.5, 0.6) is 5.75 Å². The lowest BCUT2D eigenvalue weighted by Crippen LogP contribution is -2.19. The van der Waals surface area contributed by atoms with Crippen molar-refractivity contribution >= 4 is 5.97 Å². The van der Waals surface area contributed by atoms with Crippen LogP contribution in [-0.2, 0) is 10.2 Å². The van der Waals surface area contributed by atoms with Gasteiger partial charge in [-0.25, -0.2) is 8.78 Å². The minimum absolute atomic E-state index is 0.118. The summed E-state index contributed by atoms with van der Waals surface area (Å²) in [5.74, 6) is -2.96. The molecule has 3 nitrogen and oxygen atoms in total. The second kappa shape index (κ2) is 5.81. The van der Waals surface area contributed by atoms with Crippen molar-refractivity contribution in [1.82, 2.24) is 0 Å². The second-order valence-electron chi connectivity index (χ2n) is 5.67. The molecule has 0 saturated heterocycles. The number of carboxylic acid groups (broad SMARTS) is 1. The molecule has 0 aromatic heterocycles. The summed E-state index contributed by atoms with van der Waals surface area (Å²) in [6.07, 6.45) is 0.766. The van der Waals surface area contributed by atoms with Crippen LogP contribution in [-0.4, -0.2) is 17.7 Å². The Morgan fingerprint density at radius 1 is 1.00 bits per heavy atom. The molecular formula is C17H12F4O3. The van der Waals surface area contributed by atoms with E-state index in [-0.39, 0.29) is 16.7 Å². The highest BCUT2D eigenvalue weighted by atomic mass is 19.3. The Kier molecular flexibility index (Phi) is 3.95. The zero-order valence-electron chi connectivity index (χ0n) is 12.2. The standard InChI is InChI=1S/C17H12F4O3/c18-12-4-9(3-11(7-12)17(1-2-17)15(22)23)10-5-13(19)8-14(6-10)24-16(20)21/h3-8,16H,1-2H2,(H,22,23). The zero-order chi connectivity index (χ0) is 17.5. The molecule has 0 unspecified atom stereocenters. The van der Waals surface area contributed by atoms with Gasteiger partial charge in [0.1, 0.15) is 17.4 Å². The van der Waals surface area contributed by atoms with Gasteiger partial charge in [0.25, 0.3) is 0 Å². The van der Waals surface area contributed by atoms with E-state index in [9.17, 15) is 27.5 Å². The van der Waals surface area contributed by atoms with E-state index in [1.54, 1.807) is 0 Å². The molecule has 0 heterocycles. The van der Waals surface area contributed by atoms with Crippen LogP contribution in [0.25, 0.3) is 11.1 Å². The van der Waals surface area contributed by atoms with Crippen molar-refractivity contribution in [2.24, 2.45) is 0 Å². The number of alkyl halides is 2. The fourth-order valence-electron chi connectivity index (χ4n) is 2.68. The lowest BCUT2D eigenvalue weighted by atomic mass is 9.92. The number of rotatable bonds is 5. The number of benzene rings is 2. The third-order valence-electron chi connectivity index (χ3n) is 4.04. The SMILES string of the molecule is O=C(O)C1(c2cc(F)cc(-c3cc(F)cc(OC(F)F)c3)c2)CC1. The van der Waals surface area contributed by atoms with Gasteiger partial charge in [-0.2, -0.15) is 8.78 Å². The van der Waals surface area contributed by atoms with Gasteiger partial charge in [0.2, 0.25) is 0 Å². The number of hydrogen-bond donors (Lipinski definition) is 1. The molecule has 0 atom stereocenters. The Bertz CT molecular complexity index is 800. The largest absolute Gasteiger partial charge is 0.481 e. The number of aliphatic carboxylic acids is 1. The minimum Gasteiger partial charge on any atom is -0.481 e. The average Bonchev–Trinajstić information content (AvgIpc) is 3.26. The van der Waals surface area contributed by atoms with Crippen LogP contribution in [0, 0.1) is 11.6 Å². The normalized spacial score (nSPS) is 15.4. The van der Waals surface area contributed by atoms with Crippen molar-refractivity contribution in [2.75, 3.05) is 0 Å². The van der Waals surface area contributed by atoms with E-state index in [2.05, 4.69) is 4.74 Å². The van der Waals surface area contributed by atoms with Gasteiger partial charge in [0.15, 0.2) is 0 Å². The molecule has 1 aliphatic carbocycles. The molecule has 3 rings (SSSR count). The highest BCUT2D eigenvalue weighted by Crippen LogP contribution is 2.49. The lowest BCUT2D eigenvalue weighted by molar-refractivity contribution is -0.140. The summed E-state index contributed by atoms with van der Waals surface area (Å²) in [5.41, 5.74) is -0.554.